The first-order chi connectivity index (χ1) is 12.7. The number of guanidine groups is 1. The summed E-state index contributed by atoms with van der Waals surface area (Å²) in [5, 5.41) is 14.7. The Morgan fingerprint density at radius 1 is 1.22 bits per heavy atom. The molecule has 0 saturated heterocycles. The van der Waals surface area contributed by atoms with Crippen molar-refractivity contribution in [2.45, 2.75) is 20.0 Å². The molecular formula is C17H22IN7OS. The van der Waals surface area contributed by atoms with Gasteiger partial charge in [0.2, 0.25) is 0 Å². The lowest BCUT2D eigenvalue weighted by atomic mass is 10.2. The number of halogens is 1. The molecule has 0 amide bonds. The first-order valence-corrected chi connectivity index (χ1v) is 8.91. The van der Waals surface area contributed by atoms with Gasteiger partial charge in [-0.2, -0.15) is 5.10 Å². The predicted octanol–water partition coefficient (Wildman–Crippen LogP) is 2.73. The molecule has 0 atom stereocenters. The molecule has 0 unspecified atom stereocenters. The molecule has 0 aliphatic heterocycles. The third-order valence-corrected chi connectivity index (χ3v) is 4.52. The van der Waals surface area contributed by atoms with Gasteiger partial charge in [-0.1, -0.05) is 0 Å². The molecular weight excluding hydrogens is 477 g/mol. The second-order valence-electron chi connectivity index (χ2n) is 5.48. The Hall–Kier alpha value is -2.21. The van der Waals surface area contributed by atoms with Gasteiger partial charge in [0.25, 0.3) is 0 Å². The average molecular weight is 499 g/mol. The quantitative estimate of drug-likeness (QED) is 0.274. The van der Waals surface area contributed by atoms with Crippen LogP contribution in [-0.4, -0.2) is 40.3 Å². The Kier molecular flexibility index (Phi) is 7.98. The van der Waals surface area contributed by atoms with E-state index in [-0.39, 0.29) is 24.0 Å². The summed E-state index contributed by atoms with van der Waals surface area (Å²) in [6.07, 6.45) is 1.87. The molecule has 0 aliphatic carbocycles. The molecule has 0 saturated carbocycles. The number of H-pyrrole nitrogens is 1. The molecule has 0 radical (unpaired) electrons. The molecule has 10 heteroatoms. The average Bonchev–Trinajstić information content (AvgIpc) is 3.31. The van der Waals surface area contributed by atoms with Crippen molar-refractivity contribution in [1.82, 2.24) is 30.8 Å². The van der Waals surface area contributed by atoms with Gasteiger partial charge in [0.1, 0.15) is 16.6 Å². The van der Waals surface area contributed by atoms with Crippen LogP contribution in [0.15, 0.2) is 35.5 Å². The van der Waals surface area contributed by atoms with E-state index in [0.29, 0.717) is 24.9 Å². The Balaban J connectivity index is 0.00000261. The third-order valence-electron chi connectivity index (χ3n) is 3.60. The molecule has 1 aromatic carbocycles. The summed E-state index contributed by atoms with van der Waals surface area (Å²) >= 11 is 1.66. The van der Waals surface area contributed by atoms with E-state index in [0.717, 1.165) is 22.1 Å². The van der Waals surface area contributed by atoms with Crippen LogP contribution in [0.25, 0.3) is 11.4 Å². The fourth-order valence-corrected chi connectivity index (χ4v) is 3.00. The summed E-state index contributed by atoms with van der Waals surface area (Å²) in [6, 6.07) is 7.62. The highest BCUT2D eigenvalue weighted by Crippen LogP contribution is 2.18. The number of aliphatic imine (C=N–C) groups is 1. The van der Waals surface area contributed by atoms with Gasteiger partial charge in [0, 0.05) is 23.7 Å². The Morgan fingerprint density at radius 2 is 1.96 bits per heavy atom. The number of methoxy groups -OCH3 is 1. The van der Waals surface area contributed by atoms with Gasteiger partial charge >= 0.3 is 0 Å². The van der Waals surface area contributed by atoms with Crippen molar-refractivity contribution >= 4 is 41.3 Å². The largest absolute Gasteiger partial charge is 0.497 e. The van der Waals surface area contributed by atoms with E-state index in [1.165, 1.54) is 4.88 Å². The maximum atomic E-state index is 5.16. The maximum absolute atomic E-state index is 5.16. The Morgan fingerprint density at radius 3 is 2.59 bits per heavy atom. The molecule has 8 nitrogen and oxygen atoms in total. The number of aromatic nitrogens is 4. The number of hydrogen-bond donors (Lipinski definition) is 3. The van der Waals surface area contributed by atoms with Crippen molar-refractivity contribution in [1.29, 1.82) is 0 Å². The summed E-state index contributed by atoms with van der Waals surface area (Å²) in [5.74, 6) is 2.85. The van der Waals surface area contributed by atoms with E-state index >= 15 is 0 Å². The summed E-state index contributed by atoms with van der Waals surface area (Å²) in [6.45, 7) is 3.16. The number of ether oxygens (including phenoxy) is 1. The van der Waals surface area contributed by atoms with Crippen LogP contribution in [0.4, 0.5) is 0 Å². The molecule has 0 aliphatic rings. The second kappa shape index (κ2) is 10.2. The Labute approximate surface area is 178 Å². The minimum Gasteiger partial charge on any atom is -0.497 e. The fourth-order valence-electron chi connectivity index (χ4n) is 2.27. The monoisotopic (exact) mass is 499 g/mol. The summed E-state index contributed by atoms with van der Waals surface area (Å²) in [4.78, 5) is 14.2. The van der Waals surface area contributed by atoms with Crippen molar-refractivity contribution in [3.05, 3.63) is 46.2 Å². The number of thiazole rings is 1. The van der Waals surface area contributed by atoms with E-state index in [9.17, 15) is 0 Å². The molecule has 3 rings (SSSR count). The first kappa shape index (κ1) is 21.1. The van der Waals surface area contributed by atoms with Crippen LogP contribution in [-0.2, 0) is 13.1 Å². The second-order valence-corrected chi connectivity index (χ2v) is 6.80. The number of aryl methyl sites for hydroxylation is 1. The van der Waals surface area contributed by atoms with E-state index in [1.807, 2.05) is 37.4 Å². The molecule has 0 fully saturated rings. The van der Waals surface area contributed by atoms with Crippen LogP contribution in [0.3, 0.4) is 0 Å². The van der Waals surface area contributed by atoms with Crippen molar-refractivity contribution in [3.63, 3.8) is 0 Å². The topological polar surface area (TPSA) is 100 Å². The molecule has 2 heterocycles. The van der Waals surface area contributed by atoms with Crippen LogP contribution in [0.5, 0.6) is 5.75 Å². The molecule has 0 bridgehead atoms. The molecule has 3 aromatic rings. The van der Waals surface area contributed by atoms with Crippen molar-refractivity contribution in [2.75, 3.05) is 14.2 Å². The van der Waals surface area contributed by atoms with Gasteiger partial charge < -0.3 is 15.4 Å². The van der Waals surface area contributed by atoms with Crippen molar-refractivity contribution in [3.8, 4) is 17.1 Å². The SMILES string of the molecule is CN=C(NCc1nc(-c2ccc(OC)cc2)n[nH]1)NCc1ncc(C)s1.I. The lowest BCUT2D eigenvalue weighted by Crippen LogP contribution is -2.36. The summed E-state index contributed by atoms with van der Waals surface area (Å²) in [5.41, 5.74) is 0.926. The number of rotatable bonds is 6. The summed E-state index contributed by atoms with van der Waals surface area (Å²) < 4.78 is 5.16. The normalized spacial score (nSPS) is 11.0. The van der Waals surface area contributed by atoms with Gasteiger partial charge in [-0.15, -0.1) is 35.3 Å². The van der Waals surface area contributed by atoms with Crippen molar-refractivity contribution in [2.24, 2.45) is 4.99 Å². The zero-order valence-electron chi connectivity index (χ0n) is 15.3. The molecule has 27 heavy (non-hydrogen) atoms. The molecule has 2 aromatic heterocycles. The number of nitrogens with zero attached hydrogens (tertiary/aromatic N) is 4. The number of nitrogens with one attached hydrogen (secondary N) is 3. The molecule has 0 spiro atoms. The molecule has 144 valence electrons. The minimum atomic E-state index is 0. The van der Waals surface area contributed by atoms with Gasteiger partial charge in [-0.3, -0.25) is 10.1 Å². The number of hydrogen-bond acceptors (Lipinski definition) is 6. The number of aromatic amines is 1. The van der Waals surface area contributed by atoms with E-state index < -0.39 is 0 Å². The van der Waals surface area contributed by atoms with E-state index in [1.54, 1.807) is 25.5 Å². The lowest BCUT2D eigenvalue weighted by molar-refractivity contribution is 0.415. The van der Waals surface area contributed by atoms with Gasteiger partial charge in [-0.25, -0.2) is 9.97 Å². The Bertz CT molecular complexity index is 876. The lowest BCUT2D eigenvalue weighted by Gasteiger charge is -2.09. The molecule has 3 N–H and O–H groups in total. The van der Waals surface area contributed by atoms with E-state index in [4.69, 9.17) is 4.74 Å². The number of benzene rings is 1. The van der Waals surface area contributed by atoms with Crippen LogP contribution in [0.2, 0.25) is 0 Å². The van der Waals surface area contributed by atoms with Crippen LogP contribution >= 0.6 is 35.3 Å². The predicted molar refractivity (Wildman–Crippen MR) is 118 cm³/mol. The maximum Gasteiger partial charge on any atom is 0.191 e. The highest BCUT2D eigenvalue weighted by molar-refractivity contribution is 14.0. The third kappa shape index (κ3) is 5.89. The summed E-state index contributed by atoms with van der Waals surface area (Å²) in [7, 11) is 3.37. The highest BCUT2D eigenvalue weighted by atomic mass is 127. The van der Waals surface area contributed by atoms with Crippen LogP contribution < -0.4 is 15.4 Å². The smallest absolute Gasteiger partial charge is 0.191 e. The fraction of sp³-hybridized carbons (Fsp3) is 0.294. The van der Waals surface area contributed by atoms with Crippen LogP contribution in [0, 0.1) is 6.92 Å². The van der Waals surface area contributed by atoms with Gasteiger partial charge in [-0.05, 0) is 31.2 Å². The standard InChI is InChI=1S/C17H21N7OS.HI/c1-11-8-19-15(26-11)10-21-17(18-2)20-9-14-22-16(24-23-14)12-4-6-13(25-3)7-5-12;/h4-8H,9-10H2,1-3H3,(H2,18,20,21)(H,22,23,24);1H. The van der Waals surface area contributed by atoms with Gasteiger partial charge in [0.15, 0.2) is 11.8 Å². The first-order valence-electron chi connectivity index (χ1n) is 8.09. The zero-order valence-corrected chi connectivity index (χ0v) is 18.5. The van der Waals surface area contributed by atoms with E-state index in [2.05, 4.69) is 35.8 Å². The van der Waals surface area contributed by atoms with Crippen LogP contribution in [0.1, 0.15) is 15.7 Å². The highest BCUT2D eigenvalue weighted by Gasteiger charge is 2.07. The van der Waals surface area contributed by atoms with Gasteiger partial charge in [0.05, 0.1) is 20.2 Å². The minimum absolute atomic E-state index is 0. The zero-order chi connectivity index (χ0) is 18.4. The van der Waals surface area contributed by atoms with Crippen molar-refractivity contribution < 1.29 is 4.74 Å².